The number of nitrogen functional groups attached to an aromatic ring is 1. The SMILES string of the molecule is N#N.Nc1ccccc1. The van der Waals surface area contributed by atoms with Crippen LogP contribution in [0.25, 0.3) is 0 Å². The van der Waals surface area contributed by atoms with Crippen molar-refractivity contribution in [2.75, 3.05) is 5.73 Å². The summed E-state index contributed by atoms with van der Waals surface area (Å²) in [6.07, 6.45) is 0. The molecule has 0 aliphatic heterocycles. The zero-order chi connectivity index (χ0) is 7.11. The van der Waals surface area contributed by atoms with Gasteiger partial charge in [0.05, 0.1) is 0 Å². The molecule has 0 fully saturated rings. The van der Waals surface area contributed by atoms with Crippen molar-refractivity contribution in [3.63, 3.8) is 0 Å². The van der Waals surface area contributed by atoms with Gasteiger partial charge in [0, 0.05) is 16.5 Å². The highest BCUT2D eigenvalue weighted by atomic mass is 14.6. The van der Waals surface area contributed by atoms with Crippen LogP contribution in [0.1, 0.15) is 0 Å². The van der Waals surface area contributed by atoms with Crippen molar-refractivity contribution >= 4 is 5.69 Å². The van der Waals surface area contributed by atoms with Gasteiger partial charge in [-0.25, -0.2) is 0 Å². The Morgan fingerprint density at radius 2 is 1.44 bits per heavy atom. The van der Waals surface area contributed by atoms with Crippen LogP contribution in [-0.2, 0) is 0 Å². The van der Waals surface area contributed by atoms with E-state index in [1.54, 1.807) is 0 Å². The van der Waals surface area contributed by atoms with E-state index in [1.165, 1.54) is 0 Å². The second-order valence-corrected chi connectivity index (χ2v) is 1.41. The molecule has 0 aliphatic rings. The number of hydrogen-bond acceptors (Lipinski definition) is 3. The molecule has 1 aromatic carbocycles. The highest BCUT2D eigenvalue weighted by molar-refractivity contribution is 5.35. The Bertz CT molecular complexity index is 168. The topological polar surface area (TPSA) is 73.6 Å². The fourth-order valence-corrected chi connectivity index (χ4v) is 0.453. The van der Waals surface area contributed by atoms with Crippen LogP contribution in [0.5, 0.6) is 0 Å². The van der Waals surface area contributed by atoms with Gasteiger partial charge in [-0.1, -0.05) is 18.2 Å². The maximum atomic E-state index is 6.00. The summed E-state index contributed by atoms with van der Waals surface area (Å²) in [6, 6.07) is 9.49. The molecule has 2 N–H and O–H groups in total. The summed E-state index contributed by atoms with van der Waals surface area (Å²) in [5.41, 5.74) is 6.18. The van der Waals surface area contributed by atoms with Gasteiger partial charge in [0.1, 0.15) is 0 Å². The molecule has 0 radical (unpaired) electrons. The average Bonchev–Trinajstić information content (AvgIpc) is 1.94. The minimum atomic E-state index is 0.822. The standard InChI is InChI=1S/C6H7N.N2/c7-6-4-2-1-3-5-6;1-2/h1-5H,7H2;. The number of rotatable bonds is 0. The molecule has 0 bridgehead atoms. The van der Waals surface area contributed by atoms with Crippen LogP contribution in [-0.4, -0.2) is 0 Å². The zero-order valence-corrected chi connectivity index (χ0v) is 4.86. The summed E-state index contributed by atoms with van der Waals surface area (Å²) in [5.74, 6) is 0. The Morgan fingerprint density at radius 3 is 1.67 bits per heavy atom. The van der Waals surface area contributed by atoms with E-state index in [4.69, 9.17) is 16.5 Å². The van der Waals surface area contributed by atoms with Crippen LogP contribution in [0.3, 0.4) is 0 Å². The van der Waals surface area contributed by atoms with Gasteiger partial charge in [0.15, 0.2) is 0 Å². The first-order valence-corrected chi connectivity index (χ1v) is 2.40. The number of benzene rings is 1. The van der Waals surface area contributed by atoms with Crippen LogP contribution in [0.15, 0.2) is 30.3 Å². The van der Waals surface area contributed by atoms with Gasteiger partial charge in [-0.15, -0.1) is 0 Å². The number of para-hydroxylation sites is 1. The first kappa shape index (κ1) is 7.44. The number of nitrogens with zero attached hydrogens (tertiary/aromatic N) is 2. The van der Waals surface area contributed by atoms with E-state index in [-0.39, 0.29) is 0 Å². The van der Waals surface area contributed by atoms with Crippen molar-refractivity contribution in [1.82, 2.24) is 0 Å². The summed E-state index contributed by atoms with van der Waals surface area (Å²) in [6.45, 7) is 0. The Hall–Kier alpha value is -1.56. The quantitative estimate of drug-likeness (QED) is 0.415. The minimum Gasteiger partial charge on any atom is -0.399 e. The second kappa shape index (κ2) is 4.60. The first-order chi connectivity index (χ1) is 4.39. The van der Waals surface area contributed by atoms with Crippen LogP contribution >= 0.6 is 0 Å². The van der Waals surface area contributed by atoms with Crippen molar-refractivity contribution < 1.29 is 0 Å². The predicted molar refractivity (Wildman–Crippen MR) is 34.3 cm³/mol. The lowest BCUT2D eigenvalue weighted by Crippen LogP contribution is -1.79. The summed E-state index contributed by atoms with van der Waals surface area (Å²) in [4.78, 5) is 0. The second-order valence-electron chi connectivity index (χ2n) is 1.41. The fraction of sp³-hybridized carbons (Fsp3) is 0. The molecule has 0 aromatic heterocycles. The smallest absolute Gasteiger partial charge is 0.0313 e. The molecule has 1 aromatic rings. The molecule has 0 atom stereocenters. The van der Waals surface area contributed by atoms with E-state index in [9.17, 15) is 0 Å². The van der Waals surface area contributed by atoms with Crippen molar-refractivity contribution in [1.29, 1.82) is 10.8 Å². The molecule has 3 heteroatoms. The highest BCUT2D eigenvalue weighted by Gasteiger charge is 1.72. The third kappa shape index (κ3) is 3.06. The normalized spacial score (nSPS) is 6.89. The molecule has 0 spiro atoms. The molecule has 0 saturated heterocycles. The van der Waals surface area contributed by atoms with E-state index < -0.39 is 0 Å². The lowest BCUT2D eigenvalue weighted by atomic mass is 10.3. The molecule has 9 heavy (non-hydrogen) atoms. The Kier molecular flexibility index (Phi) is 3.80. The predicted octanol–water partition coefficient (Wildman–Crippen LogP) is 1.30. The summed E-state index contributed by atoms with van der Waals surface area (Å²) in [7, 11) is 0. The van der Waals surface area contributed by atoms with E-state index in [2.05, 4.69) is 0 Å². The first-order valence-electron chi connectivity index (χ1n) is 2.40. The molecular weight excluding hydrogens is 114 g/mol. The van der Waals surface area contributed by atoms with Gasteiger partial charge in [-0.2, -0.15) is 0 Å². The molecule has 0 unspecified atom stereocenters. The average molecular weight is 121 g/mol. The maximum absolute atomic E-state index is 6.00. The van der Waals surface area contributed by atoms with Crippen molar-refractivity contribution in [3.8, 4) is 0 Å². The van der Waals surface area contributed by atoms with Crippen LogP contribution in [0, 0.1) is 10.8 Å². The van der Waals surface area contributed by atoms with Crippen LogP contribution in [0.4, 0.5) is 5.69 Å². The largest absolute Gasteiger partial charge is 0.399 e. The van der Waals surface area contributed by atoms with Gasteiger partial charge in [0.25, 0.3) is 0 Å². The van der Waals surface area contributed by atoms with Crippen LogP contribution < -0.4 is 5.73 Å². The lowest BCUT2D eigenvalue weighted by Gasteiger charge is -1.83. The van der Waals surface area contributed by atoms with Gasteiger partial charge >= 0.3 is 0 Å². The van der Waals surface area contributed by atoms with E-state index in [1.807, 2.05) is 30.3 Å². The van der Waals surface area contributed by atoms with Gasteiger partial charge in [0.2, 0.25) is 0 Å². The summed E-state index contributed by atoms with van der Waals surface area (Å²) < 4.78 is 0. The monoisotopic (exact) mass is 121 g/mol. The molecule has 46 valence electrons. The van der Waals surface area contributed by atoms with Crippen molar-refractivity contribution in [3.05, 3.63) is 30.3 Å². The highest BCUT2D eigenvalue weighted by Crippen LogP contribution is 1.95. The Balaban J connectivity index is 0.000000291. The van der Waals surface area contributed by atoms with Crippen LogP contribution in [0.2, 0.25) is 0 Å². The van der Waals surface area contributed by atoms with E-state index in [0.29, 0.717) is 0 Å². The summed E-state index contributed by atoms with van der Waals surface area (Å²) in [5, 5.41) is 12.0. The summed E-state index contributed by atoms with van der Waals surface area (Å²) >= 11 is 0. The van der Waals surface area contributed by atoms with Gasteiger partial charge < -0.3 is 5.73 Å². The third-order valence-electron chi connectivity index (χ3n) is 0.800. The molecule has 3 nitrogen and oxygen atoms in total. The molecular formula is C6H7N3. The van der Waals surface area contributed by atoms with E-state index in [0.717, 1.165) is 5.69 Å². The molecule has 0 amide bonds. The Labute approximate surface area is 53.5 Å². The number of anilines is 1. The number of hydrogen-bond donors (Lipinski definition) is 1. The maximum Gasteiger partial charge on any atom is 0.0313 e. The minimum absolute atomic E-state index is 0.822. The molecule has 1 rings (SSSR count). The zero-order valence-electron chi connectivity index (χ0n) is 4.86. The van der Waals surface area contributed by atoms with Crippen molar-refractivity contribution in [2.45, 2.75) is 0 Å². The van der Waals surface area contributed by atoms with Crippen molar-refractivity contribution in [2.24, 2.45) is 0 Å². The molecule has 0 aliphatic carbocycles. The Morgan fingerprint density at radius 1 is 1.00 bits per heavy atom. The fourth-order valence-electron chi connectivity index (χ4n) is 0.453. The molecule has 0 saturated carbocycles. The molecule has 0 heterocycles. The third-order valence-corrected chi connectivity index (χ3v) is 0.800. The van der Waals surface area contributed by atoms with Gasteiger partial charge in [-0.05, 0) is 12.1 Å². The number of nitrogens with two attached hydrogens (primary N) is 1. The van der Waals surface area contributed by atoms with Gasteiger partial charge in [-0.3, -0.25) is 0 Å². The lowest BCUT2D eigenvalue weighted by molar-refractivity contribution is 1.15. The van der Waals surface area contributed by atoms with E-state index >= 15 is 0 Å².